The molecule has 0 heterocycles. The number of unbranched alkanes of at least 4 members (excludes halogenated alkanes) is 26. The highest BCUT2D eigenvalue weighted by molar-refractivity contribution is 5.71. The molecule has 62 heavy (non-hydrogen) atoms. The second-order valence-corrected chi connectivity index (χ2v) is 17.4. The van der Waals surface area contributed by atoms with E-state index in [1.54, 1.807) is 0 Å². The summed E-state index contributed by atoms with van der Waals surface area (Å²) in [5, 5.41) is 0. The lowest BCUT2D eigenvalue weighted by Crippen LogP contribution is -2.30. The maximum Gasteiger partial charge on any atom is 0.306 e. The van der Waals surface area contributed by atoms with E-state index >= 15 is 0 Å². The van der Waals surface area contributed by atoms with E-state index in [-0.39, 0.29) is 31.1 Å². The smallest absolute Gasteiger partial charge is 0.306 e. The number of rotatable bonds is 47. The minimum absolute atomic E-state index is 0.0815. The number of ether oxygens (including phenoxy) is 3. The van der Waals surface area contributed by atoms with Gasteiger partial charge in [-0.25, -0.2) is 0 Å². The Morgan fingerprint density at radius 2 is 0.645 bits per heavy atom. The minimum atomic E-state index is -0.780. The van der Waals surface area contributed by atoms with Gasteiger partial charge in [0.1, 0.15) is 13.2 Å². The zero-order valence-electron chi connectivity index (χ0n) is 40.9. The van der Waals surface area contributed by atoms with Gasteiger partial charge in [-0.1, -0.05) is 223 Å². The molecule has 0 aliphatic carbocycles. The summed E-state index contributed by atoms with van der Waals surface area (Å²) < 4.78 is 16.8. The van der Waals surface area contributed by atoms with Crippen molar-refractivity contribution in [3.8, 4) is 0 Å². The number of hydrogen-bond donors (Lipinski definition) is 0. The van der Waals surface area contributed by atoms with Crippen LogP contribution in [0.15, 0.2) is 60.8 Å². The van der Waals surface area contributed by atoms with Crippen LogP contribution in [0.4, 0.5) is 0 Å². The van der Waals surface area contributed by atoms with E-state index in [0.29, 0.717) is 19.3 Å². The lowest BCUT2D eigenvalue weighted by atomic mass is 10.0. The summed E-state index contributed by atoms with van der Waals surface area (Å²) in [5.74, 6) is -0.898. The maximum atomic E-state index is 12.8. The number of carbonyl (C=O) groups excluding carboxylic acids is 3. The van der Waals surface area contributed by atoms with Crippen LogP contribution in [0.5, 0.6) is 0 Å². The van der Waals surface area contributed by atoms with Crippen molar-refractivity contribution in [2.75, 3.05) is 13.2 Å². The fourth-order valence-corrected chi connectivity index (χ4v) is 7.30. The first-order valence-electron chi connectivity index (χ1n) is 26.3. The van der Waals surface area contributed by atoms with Crippen molar-refractivity contribution in [1.29, 1.82) is 0 Å². The molecule has 0 aromatic carbocycles. The van der Waals surface area contributed by atoms with E-state index in [0.717, 1.165) is 96.3 Å². The zero-order valence-corrected chi connectivity index (χ0v) is 40.9. The molecule has 0 amide bonds. The number of esters is 3. The molecule has 6 heteroatoms. The highest BCUT2D eigenvalue weighted by Gasteiger charge is 2.19. The standard InChI is InChI=1S/C56H98O6/c1-4-7-10-13-16-19-22-24-26-27-28-29-30-32-34-37-40-43-46-49-55(58)61-52-53(51-60-54(57)48-45-42-39-36-33-21-18-15-12-9-6-3)62-56(59)50-47-44-41-38-35-31-25-23-20-17-14-11-8-5-2/h7,10,15-16,18-19,24,26,28-29,53H,4-6,8-9,11-14,17,20-23,25,27,30-52H2,1-3H3/b10-7-,18-15-,19-16-,26-24-,29-28-. The normalized spacial score (nSPS) is 12.5. The van der Waals surface area contributed by atoms with Gasteiger partial charge in [0.05, 0.1) is 0 Å². The topological polar surface area (TPSA) is 78.9 Å². The van der Waals surface area contributed by atoms with Crippen molar-refractivity contribution in [3.05, 3.63) is 60.8 Å². The predicted octanol–water partition coefficient (Wildman–Crippen LogP) is 17.3. The monoisotopic (exact) mass is 867 g/mol. The largest absolute Gasteiger partial charge is 0.462 e. The summed E-state index contributed by atoms with van der Waals surface area (Å²) in [4.78, 5) is 38.0. The van der Waals surface area contributed by atoms with E-state index in [9.17, 15) is 14.4 Å². The third-order valence-corrected chi connectivity index (χ3v) is 11.3. The molecule has 0 radical (unpaired) electrons. The van der Waals surface area contributed by atoms with Gasteiger partial charge in [0, 0.05) is 19.3 Å². The van der Waals surface area contributed by atoms with E-state index < -0.39 is 6.10 Å². The van der Waals surface area contributed by atoms with E-state index in [4.69, 9.17) is 14.2 Å². The fourth-order valence-electron chi connectivity index (χ4n) is 7.30. The first kappa shape index (κ1) is 59.1. The second-order valence-electron chi connectivity index (χ2n) is 17.4. The molecule has 358 valence electrons. The molecular formula is C56H98O6. The van der Waals surface area contributed by atoms with Crippen molar-refractivity contribution in [2.45, 2.75) is 264 Å². The summed E-state index contributed by atoms with van der Waals surface area (Å²) in [6, 6.07) is 0. The SMILES string of the molecule is CC/C=C\C/C=C\C/C=C\C/C=C\CCCCCCCCC(=O)OCC(COC(=O)CCCCCCC/C=C\CCCC)OC(=O)CCCCCCCCCCCCCCCC. The van der Waals surface area contributed by atoms with Crippen molar-refractivity contribution < 1.29 is 28.6 Å². The van der Waals surface area contributed by atoms with Crippen molar-refractivity contribution in [1.82, 2.24) is 0 Å². The molecule has 0 N–H and O–H groups in total. The summed E-state index contributed by atoms with van der Waals surface area (Å²) in [6.45, 7) is 6.48. The Morgan fingerprint density at radius 3 is 1.05 bits per heavy atom. The Balaban J connectivity index is 4.36. The predicted molar refractivity (Wildman–Crippen MR) is 265 cm³/mol. The van der Waals surface area contributed by atoms with Crippen molar-refractivity contribution >= 4 is 17.9 Å². The number of carbonyl (C=O) groups is 3. The highest BCUT2D eigenvalue weighted by Crippen LogP contribution is 2.15. The average molecular weight is 867 g/mol. The van der Waals surface area contributed by atoms with Crippen LogP contribution in [0.2, 0.25) is 0 Å². The number of allylic oxidation sites excluding steroid dienone is 10. The molecule has 0 spiro atoms. The Bertz CT molecular complexity index is 1130. The molecule has 0 aromatic rings. The molecular weight excluding hydrogens is 769 g/mol. The number of hydrogen-bond acceptors (Lipinski definition) is 6. The Kier molecular flexibility index (Phi) is 48.4. The first-order valence-corrected chi connectivity index (χ1v) is 26.3. The third kappa shape index (κ3) is 48.1. The average Bonchev–Trinajstić information content (AvgIpc) is 3.27. The molecule has 0 fully saturated rings. The van der Waals surface area contributed by atoms with Gasteiger partial charge in [0.25, 0.3) is 0 Å². The Hall–Kier alpha value is -2.89. The van der Waals surface area contributed by atoms with Gasteiger partial charge in [-0.3, -0.25) is 14.4 Å². The quantitative estimate of drug-likeness (QED) is 0.0262. The summed E-state index contributed by atoms with van der Waals surface area (Å²) in [5.41, 5.74) is 0. The van der Waals surface area contributed by atoms with Crippen LogP contribution in [0.25, 0.3) is 0 Å². The summed E-state index contributed by atoms with van der Waals surface area (Å²) in [7, 11) is 0. The van der Waals surface area contributed by atoms with Gasteiger partial charge >= 0.3 is 17.9 Å². The van der Waals surface area contributed by atoms with E-state index in [1.165, 1.54) is 122 Å². The van der Waals surface area contributed by atoms with Crippen LogP contribution in [-0.2, 0) is 28.6 Å². The molecule has 0 bridgehead atoms. The van der Waals surface area contributed by atoms with E-state index in [1.807, 2.05) is 0 Å². The lowest BCUT2D eigenvalue weighted by molar-refractivity contribution is -0.167. The molecule has 6 nitrogen and oxygen atoms in total. The molecule has 0 saturated carbocycles. The lowest BCUT2D eigenvalue weighted by Gasteiger charge is -2.18. The molecule has 0 aromatic heterocycles. The molecule has 1 unspecified atom stereocenters. The molecule has 1 atom stereocenters. The van der Waals surface area contributed by atoms with Gasteiger partial charge in [-0.15, -0.1) is 0 Å². The van der Waals surface area contributed by atoms with Crippen LogP contribution in [-0.4, -0.2) is 37.2 Å². The van der Waals surface area contributed by atoms with Crippen LogP contribution in [0.3, 0.4) is 0 Å². The minimum Gasteiger partial charge on any atom is -0.462 e. The maximum absolute atomic E-state index is 12.8. The highest BCUT2D eigenvalue weighted by atomic mass is 16.6. The Labute approximate surface area is 383 Å². The molecule has 0 rings (SSSR count). The van der Waals surface area contributed by atoms with Crippen LogP contribution in [0.1, 0.15) is 258 Å². The van der Waals surface area contributed by atoms with Gasteiger partial charge in [0.15, 0.2) is 6.10 Å². The molecule has 0 aliphatic rings. The summed E-state index contributed by atoms with van der Waals surface area (Å²) >= 11 is 0. The van der Waals surface area contributed by atoms with Crippen molar-refractivity contribution in [3.63, 3.8) is 0 Å². The van der Waals surface area contributed by atoms with Crippen molar-refractivity contribution in [2.24, 2.45) is 0 Å². The fraction of sp³-hybridized carbons (Fsp3) is 0.768. The second kappa shape index (κ2) is 50.8. The molecule has 0 saturated heterocycles. The van der Waals surface area contributed by atoms with E-state index in [2.05, 4.69) is 81.5 Å². The molecule has 0 aliphatic heterocycles. The van der Waals surface area contributed by atoms with Crippen LogP contribution < -0.4 is 0 Å². The summed E-state index contributed by atoms with van der Waals surface area (Å²) in [6.07, 6.45) is 62.0. The van der Waals surface area contributed by atoms with Gasteiger partial charge in [0.2, 0.25) is 0 Å². The van der Waals surface area contributed by atoms with Crippen LogP contribution in [0, 0.1) is 0 Å². The van der Waals surface area contributed by atoms with Gasteiger partial charge in [-0.2, -0.15) is 0 Å². The Morgan fingerprint density at radius 1 is 0.339 bits per heavy atom. The first-order chi connectivity index (χ1) is 30.5. The zero-order chi connectivity index (χ0) is 45.1. The van der Waals surface area contributed by atoms with Gasteiger partial charge in [-0.05, 0) is 77.0 Å². The third-order valence-electron chi connectivity index (χ3n) is 11.3. The van der Waals surface area contributed by atoms with Crippen LogP contribution >= 0.6 is 0 Å². The van der Waals surface area contributed by atoms with Gasteiger partial charge < -0.3 is 14.2 Å².